The van der Waals surface area contributed by atoms with Crippen molar-refractivity contribution in [1.29, 1.82) is 0 Å². The molecule has 0 aromatic rings. The summed E-state index contributed by atoms with van der Waals surface area (Å²) in [6.45, 7) is 10.8. The maximum atomic E-state index is 4.81. The van der Waals surface area contributed by atoms with Crippen molar-refractivity contribution >= 4 is 5.96 Å². The second-order valence-electron chi connectivity index (χ2n) is 5.77. The molecule has 1 fully saturated rings. The number of hydrogen-bond acceptors (Lipinski definition) is 2. The summed E-state index contributed by atoms with van der Waals surface area (Å²) in [5.41, 5.74) is -0.0110. The molecule has 4 nitrogen and oxygen atoms in total. The lowest BCUT2D eigenvalue weighted by molar-refractivity contribution is 0.201. The first-order chi connectivity index (χ1) is 7.29. The van der Waals surface area contributed by atoms with Crippen LogP contribution in [0.5, 0.6) is 0 Å². The van der Waals surface area contributed by atoms with E-state index in [1.807, 2.05) is 0 Å². The highest BCUT2D eigenvalue weighted by Crippen LogP contribution is 2.11. The molecular formula is C12H26N4. The van der Waals surface area contributed by atoms with E-state index in [1.165, 1.54) is 0 Å². The first-order valence-electron chi connectivity index (χ1n) is 6.00. The summed E-state index contributed by atoms with van der Waals surface area (Å²) in [5, 5.41) is 0. The molecule has 1 aliphatic rings. The molecule has 0 amide bonds. The highest BCUT2D eigenvalue weighted by Gasteiger charge is 2.21. The molecule has 1 saturated heterocycles. The predicted octanol–water partition coefficient (Wildman–Crippen LogP) is 0.950. The fourth-order valence-corrected chi connectivity index (χ4v) is 1.76. The maximum absolute atomic E-state index is 4.81. The van der Waals surface area contributed by atoms with Gasteiger partial charge in [0.05, 0.1) is 5.54 Å². The van der Waals surface area contributed by atoms with E-state index in [9.17, 15) is 0 Å². The minimum absolute atomic E-state index is 0.0110. The van der Waals surface area contributed by atoms with Gasteiger partial charge in [-0.25, -0.2) is 4.99 Å². The van der Waals surface area contributed by atoms with Crippen molar-refractivity contribution in [2.45, 2.75) is 26.3 Å². The number of hydrogen-bond donors (Lipinski definition) is 0. The van der Waals surface area contributed by atoms with Gasteiger partial charge in [-0.3, -0.25) is 0 Å². The number of likely N-dealkylation sites (N-methyl/N-ethyl adjacent to an activating group) is 1. The monoisotopic (exact) mass is 226 g/mol. The summed E-state index contributed by atoms with van der Waals surface area (Å²) < 4.78 is 0. The lowest BCUT2D eigenvalue weighted by atomic mass is 10.1. The van der Waals surface area contributed by atoms with E-state index in [-0.39, 0.29) is 5.54 Å². The van der Waals surface area contributed by atoms with E-state index in [2.05, 4.69) is 56.6 Å². The molecular weight excluding hydrogens is 200 g/mol. The van der Waals surface area contributed by atoms with Gasteiger partial charge in [0.25, 0.3) is 0 Å². The summed E-state index contributed by atoms with van der Waals surface area (Å²) in [6, 6.07) is 0. The van der Waals surface area contributed by atoms with Crippen LogP contribution in [0.2, 0.25) is 0 Å². The van der Waals surface area contributed by atoms with Gasteiger partial charge < -0.3 is 14.7 Å². The van der Waals surface area contributed by atoms with Crippen LogP contribution < -0.4 is 0 Å². The van der Waals surface area contributed by atoms with Crippen molar-refractivity contribution in [2.75, 3.05) is 47.3 Å². The fraction of sp³-hybridized carbons (Fsp3) is 0.917. The summed E-state index contributed by atoms with van der Waals surface area (Å²) in [6.07, 6.45) is 0. The van der Waals surface area contributed by atoms with Crippen molar-refractivity contribution in [3.05, 3.63) is 0 Å². The van der Waals surface area contributed by atoms with Gasteiger partial charge in [-0.05, 0) is 27.8 Å². The van der Waals surface area contributed by atoms with Gasteiger partial charge in [0, 0.05) is 40.3 Å². The van der Waals surface area contributed by atoms with Crippen LogP contribution in [0.25, 0.3) is 0 Å². The Kier molecular flexibility index (Phi) is 4.19. The van der Waals surface area contributed by atoms with Crippen LogP contribution in [0, 0.1) is 0 Å². The Balaban J connectivity index is 2.75. The van der Waals surface area contributed by atoms with Gasteiger partial charge in [0.15, 0.2) is 5.96 Å². The summed E-state index contributed by atoms with van der Waals surface area (Å²) in [5.74, 6) is 1.11. The largest absolute Gasteiger partial charge is 0.349 e. The maximum Gasteiger partial charge on any atom is 0.196 e. The molecule has 1 aliphatic heterocycles. The van der Waals surface area contributed by atoms with E-state index in [1.54, 1.807) is 0 Å². The Hall–Kier alpha value is -0.770. The molecule has 1 heterocycles. The minimum atomic E-state index is -0.0110. The van der Waals surface area contributed by atoms with Crippen molar-refractivity contribution in [3.8, 4) is 0 Å². The molecule has 0 atom stereocenters. The second-order valence-corrected chi connectivity index (χ2v) is 5.77. The zero-order valence-electron chi connectivity index (χ0n) is 11.6. The molecule has 0 radical (unpaired) electrons. The molecule has 0 saturated carbocycles. The van der Waals surface area contributed by atoms with Crippen LogP contribution in [0.1, 0.15) is 20.8 Å². The van der Waals surface area contributed by atoms with E-state index < -0.39 is 0 Å². The molecule has 0 bridgehead atoms. The van der Waals surface area contributed by atoms with Crippen molar-refractivity contribution in [3.63, 3.8) is 0 Å². The number of aliphatic imine (C=N–C) groups is 1. The zero-order valence-corrected chi connectivity index (χ0v) is 11.6. The van der Waals surface area contributed by atoms with Gasteiger partial charge in [0.2, 0.25) is 0 Å². The van der Waals surface area contributed by atoms with Crippen LogP contribution >= 0.6 is 0 Å². The van der Waals surface area contributed by atoms with Crippen LogP contribution in [0.3, 0.4) is 0 Å². The average molecular weight is 226 g/mol. The molecule has 4 heteroatoms. The molecule has 0 N–H and O–H groups in total. The highest BCUT2D eigenvalue weighted by atomic mass is 15.4. The number of nitrogens with zero attached hydrogens (tertiary/aromatic N) is 4. The van der Waals surface area contributed by atoms with Gasteiger partial charge >= 0.3 is 0 Å². The molecule has 0 unspecified atom stereocenters. The second kappa shape index (κ2) is 5.04. The van der Waals surface area contributed by atoms with Crippen LogP contribution in [-0.4, -0.2) is 73.5 Å². The Bertz CT molecular complexity index is 244. The Morgan fingerprint density at radius 3 is 1.94 bits per heavy atom. The molecule has 16 heavy (non-hydrogen) atoms. The van der Waals surface area contributed by atoms with E-state index >= 15 is 0 Å². The normalized spacial score (nSPS) is 20.1. The van der Waals surface area contributed by atoms with Crippen LogP contribution in [0.15, 0.2) is 4.99 Å². The highest BCUT2D eigenvalue weighted by molar-refractivity contribution is 5.80. The standard InChI is InChI=1S/C12H26N4/c1-12(2,3)13-11(14(4)5)16-9-7-15(6)8-10-16/h7-10H2,1-6H3. The molecule has 0 aromatic carbocycles. The third-order valence-electron chi connectivity index (χ3n) is 2.62. The van der Waals surface area contributed by atoms with E-state index in [4.69, 9.17) is 4.99 Å². The third-order valence-corrected chi connectivity index (χ3v) is 2.62. The third kappa shape index (κ3) is 4.00. The van der Waals surface area contributed by atoms with E-state index in [0.29, 0.717) is 0 Å². The fourth-order valence-electron chi connectivity index (χ4n) is 1.76. The average Bonchev–Trinajstić information content (AvgIpc) is 2.14. The SMILES string of the molecule is CN1CCN(C(=NC(C)(C)C)N(C)C)CC1. The minimum Gasteiger partial charge on any atom is -0.349 e. The lowest BCUT2D eigenvalue weighted by Crippen LogP contribution is -2.51. The molecule has 0 spiro atoms. The Labute approximate surface area is 99.9 Å². The quantitative estimate of drug-likeness (QED) is 0.453. The van der Waals surface area contributed by atoms with Crippen LogP contribution in [-0.2, 0) is 0 Å². The molecule has 0 aliphatic carbocycles. The lowest BCUT2D eigenvalue weighted by Gasteiger charge is -2.37. The van der Waals surface area contributed by atoms with Crippen molar-refractivity contribution in [1.82, 2.24) is 14.7 Å². The molecule has 94 valence electrons. The van der Waals surface area contributed by atoms with Crippen LogP contribution in [0.4, 0.5) is 0 Å². The first kappa shape index (κ1) is 13.3. The van der Waals surface area contributed by atoms with Crippen molar-refractivity contribution in [2.24, 2.45) is 4.99 Å². The van der Waals surface area contributed by atoms with Gasteiger partial charge in [0.1, 0.15) is 0 Å². The number of rotatable bonds is 0. The number of piperazine rings is 1. The zero-order chi connectivity index (χ0) is 12.3. The topological polar surface area (TPSA) is 22.1 Å². The Morgan fingerprint density at radius 1 is 1.06 bits per heavy atom. The van der Waals surface area contributed by atoms with E-state index in [0.717, 1.165) is 32.1 Å². The molecule has 1 rings (SSSR count). The smallest absolute Gasteiger partial charge is 0.196 e. The summed E-state index contributed by atoms with van der Waals surface area (Å²) >= 11 is 0. The van der Waals surface area contributed by atoms with Gasteiger partial charge in [-0.2, -0.15) is 0 Å². The predicted molar refractivity (Wildman–Crippen MR) is 69.9 cm³/mol. The van der Waals surface area contributed by atoms with Gasteiger partial charge in [-0.1, -0.05) is 0 Å². The summed E-state index contributed by atoms with van der Waals surface area (Å²) in [4.78, 5) is 11.7. The summed E-state index contributed by atoms with van der Waals surface area (Å²) in [7, 11) is 6.32. The van der Waals surface area contributed by atoms with Crippen molar-refractivity contribution < 1.29 is 0 Å². The Morgan fingerprint density at radius 2 is 1.56 bits per heavy atom. The first-order valence-corrected chi connectivity index (χ1v) is 6.00. The number of guanidine groups is 1. The molecule has 0 aromatic heterocycles. The van der Waals surface area contributed by atoms with Gasteiger partial charge in [-0.15, -0.1) is 0 Å².